The molecule has 0 aromatic heterocycles. The van der Waals surface area contributed by atoms with Crippen LogP contribution in [0.15, 0.2) is 0 Å². The van der Waals surface area contributed by atoms with Crippen molar-refractivity contribution in [1.29, 1.82) is 0 Å². The van der Waals surface area contributed by atoms with Crippen LogP contribution in [0.2, 0.25) is 0 Å². The van der Waals surface area contributed by atoms with Gasteiger partial charge < -0.3 is 15.4 Å². The smallest absolute Gasteiger partial charge is 0.0540 e. The molecule has 0 spiro atoms. The van der Waals surface area contributed by atoms with Crippen LogP contribution < -0.4 is 0 Å². The zero-order chi connectivity index (χ0) is 7.61. The van der Waals surface area contributed by atoms with E-state index in [4.69, 9.17) is 10.5 Å². The minimum atomic E-state index is 0. The quantitative estimate of drug-likeness (QED) is 0.714. The monoisotopic (exact) mass is 232 g/mol. The summed E-state index contributed by atoms with van der Waals surface area (Å²) in [6.45, 7) is 3.02. The van der Waals surface area contributed by atoms with Crippen LogP contribution in [0.25, 0.3) is 5.73 Å². The minimum absolute atomic E-state index is 0. The van der Waals surface area contributed by atoms with Crippen molar-refractivity contribution in [2.75, 3.05) is 40.4 Å². The first-order valence-corrected chi connectivity index (χ1v) is 3.56. The van der Waals surface area contributed by atoms with Crippen molar-refractivity contribution in [3.8, 4) is 0 Å². The summed E-state index contributed by atoms with van der Waals surface area (Å²) in [5, 5.41) is 0. The van der Waals surface area contributed by atoms with E-state index in [1.54, 1.807) is 0 Å². The molecule has 0 unspecified atom stereocenters. The van der Waals surface area contributed by atoms with E-state index in [1.807, 2.05) is 14.1 Å². The summed E-state index contributed by atoms with van der Waals surface area (Å²) in [6, 6.07) is 0. The Balaban J connectivity index is 0.000001000. The van der Waals surface area contributed by atoms with Gasteiger partial charge in [-0.25, -0.2) is 0 Å². The van der Waals surface area contributed by atoms with Gasteiger partial charge in [-0.2, -0.15) is 0 Å². The molecule has 0 atom stereocenters. The Hall–Kier alpha value is 0.984. The van der Waals surface area contributed by atoms with Crippen molar-refractivity contribution in [3.05, 3.63) is 5.73 Å². The molecule has 0 saturated carbocycles. The van der Waals surface area contributed by atoms with Crippen LogP contribution in [0.1, 0.15) is 0 Å². The molecule has 0 bridgehead atoms. The molecule has 1 radical (unpaired) electrons. The zero-order valence-corrected chi connectivity index (χ0v) is 10.1. The summed E-state index contributed by atoms with van der Waals surface area (Å²) >= 11 is 0. The van der Waals surface area contributed by atoms with Gasteiger partial charge in [-0.05, 0) is 14.1 Å². The molecular formula is C7H15N2OY-. The second-order valence-corrected chi connectivity index (χ2v) is 3.41. The largest absolute Gasteiger partial charge is 0.677 e. The predicted molar refractivity (Wildman–Crippen MR) is 41.0 cm³/mol. The van der Waals surface area contributed by atoms with E-state index in [-0.39, 0.29) is 38.1 Å². The van der Waals surface area contributed by atoms with Gasteiger partial charge >= 0.3 is 0 Å². The Morgan fingerprint density at radius 1 is 1.45 bits per heavy atom. The Labute approximate surface area is 93.5 Å². The van der Waals surface area contributed by atoms with Gasteiger partial charge in [0.05, 0.1) is 13.2 Å². The molecule has 1 N–H and O–H groups in total. The number of hydrogen-bond acceptors (Lipinski definition) is 2. The average Bonchev–Trinajstić information content (AvgIpc) is 1.78. The molecule has 4 heteroatoms. The maximum atomic E-state index is 7.29. The van der Waals surface area contributed by atoms with E-state index in [9.17, 15) is 0 Å². The number of rotatable bonds is 3. The Bertz CT molecular complexity index is 109. The fraction of sp³-hybridized carbons (Fsp3) is 1.00. The summed E-state index contributed by atoms with van der Waals surface area (Å²) < 4.78 is 5.08. The molecule has 1 aliphatic heterocycles. The predicted octanol–water partition coefficient (Wildman–Crippen LogP) is 0.614. The molecule has 1 heterocycles. The first-order chi connectivity index (χ1) is 4.68. The van der Waals surface area contributed by atoms with Crippen molar-refractivity contribution in [2.45, 2.75) is 0 Å². The summed E-state index contributed by atoms with van der Waals surface area (Å²) in [4.78, 5) is 2.12. The van der Waals surface area contributed by atoms with Gasteiger partial charge in [0.25, 0.3) is 0 Å². The Morgan fingerprint density at radius 3 is 2.09 bits per heavy atom. The van der Waals surface area contributed by atoms with Gasteiger partial charge in [-0.1, -0.05) is 0 Å². The van der Waals surface area contributed by atoms with E-state index in [1.165, 1.54) is 0 Å². The van der Waals surface area contributed by atoms with Crippen LogP contribution in [-0.4, -0.2) is 45.3 Å². The molecular weight excluding hydrogens is 217 g/mol. The standard InChI is InChI=1S/C7H15N2O.Y/c1-9(2)4-7(3-8)5-10-6-7;/h8H,3-6H2,1-2H3;/q-1;. The maximum Gasteiger partial charge on any atom is 0.0540 e. The van der Waals surface area contributed by atoms with Gasteiger partial charge in [0.15, 0.2) is 0 Å². The van der Waals surface area contributed by atoms with Crippen molar-refractivity contribution in [1.82, 2.24) is 4.90 Å². The molecule has 1 fully saturated rings. The number of nitrogens with zero attached hydrogens (tertiary/aromatic N) is 1. The number of ether oxygens (including phenoxy) is 1. The normalized spacial score (nSPS) is 20.7. The number of nitrogens with one attached hydrogen (secondary N) is 1. The van der Waals surface area contributed by atoms with E-state index >= 15 is 0 Å². The second kappa shape index (κ2) is 4.88. The molecule has 11 heavy (non-hydrogen) atoms. The molecule has 1 saturated heterocycles. The van der Waals surface area contributed by atoms with Crippen LogP contribution >= 0.6 is 0 Å². The second-order valence-electron chi connectivity index (χ2n) is 3.41. The average molecular weight is 232 g/mol. The van der Waals surface area contributed by atoms with Crippen molar-refractivity contribution < 1.29 is 37.4 Å². The van der Waals surface area contributed by atoms with E-state index in [0.29, 0.717) is 6.54 Å². The minimum Gasteiger partial charge on any atom is -0.677 e. The molecule has 0 aromatic carbocycles. The topological polar surface area (TPSA) is 36.3 Å². The SMILES string of the molecule is CN(C)CC1(C[NH-])COC1.[Y]. The fourth-order valence-corrected chi connectivity index (χ4v) is 1.31. The van der Waals surface area contributed by atoms with Gasteiger partial charge in [0.2, 0.25) is 0 Å². The molecule has 0 aromatic rings. The van der Waals surface area contributed by atoms with Crippen molar-refractivity contribution >= 4 is 0 Å². The molecule has 1 rings (SSSR count). The summed E-state index contributed by atoms with van der Waals surface area (Å²) in [7, 11) is 4.07. The molecule has 0 amide bonds. The van der Waals surface area contributed by atoms with Gasteiger partial charge in [0, 0.05) is 44.7 Å². The Morgan fingerprint density at radius 2 is 2.00 bits per heavy atom. The van der Waals surface area contributed by atoms with Crippen LogP contribution in [-0.2, 0) is 37.4 Å². The van der Waals surface area contributed by atoms with Gasteiger partial charge in [-0.15, -0.1) is 6.54 Å². The summed E-state index contributed by atoms with van der Waals surface area (Å²) in [5.74, 6) is 0. The zero-order valence-electron chi connectivity index (χ0n) is 7.26. The Kier molecular flexibility index (Phi) is 5.31. The maximum absolute atomic E-state index is 7.29. The third-order valence-electron chi connectivity index (χ3n) is 1.84. The van der Waals surface area contributed by atoms with Crippen LogP contribution in [0, 0.1) is 5.41 Å². The molecule has 0 aliphatic carbocycles. The third-order valence-corrected chi connectivity index (χ3v) is 1.84. The third kappa shape index (κ3) is 3.07. The fourth-order valence-electron chi connectivity index (χ4n) is 1.31. The number of hydrogen-bond donors (Lipinski definition) is 0. The van der Waals surface area contributed by atoms with Crippen LogP contribution in [0.4, 0.5) is 0 Å². The first-order valence-electron chi connectivity index (χ1n) is 3.56. The van der Waals surface area contributed by atoms with Gasteiger partial charge in [-0.3, -0.25) is 0 Å². The molecule has 1 aliphatic rings. The van der Waals surface area contributed by atoms with Crippen LogP contribution in [0.5, 0.6) is 0 Å². The van der Waals surface area contributed by atoms with Crippen molar-refractivity contribution in [2.24, 2.45) is 5.41 Å². The van der Waals surface area contributed by atoms with E-state index in [2.05, 4.69) is 4.90 Å². The van der Waals surface area contributed by atoms with Gasteiger partial charge in [0.1, 0.15) is 0 Å². The summed E-state index contributed by atoms with van der Waals surface area (Å²) in [5.41, 5.74) is 7.45. The first kappa shape index (κ1) is 12.0. The molecule has 63 valence electrons. The van der Waals surface area contributed by atoms with E-state index in [0.717, 1.165) is 19.8 Å². The van der Waals surface area contributed by atoms with Crippen molar-refractivity contribution in [3.63, 3.8) is 0 Å². The van der Waals surface area contributed by atoms with Crippen LogP contribution in [0.3, 0.4) is 0 Å². The van der Waals surface area contributed by atoms with E-state index < -0.39 is 0 Å². The summed E-state index contributed by atoms with van der Waals surface area (Å²) in [6.07, 6.45) is 0. The molecule has 3 nitrogen and oxygen atoms in total.